The van der Waals surface area contributed by atoms with E-state index in [1.54, 1.807) is 12.1 Å². The molecule has 0 radical (unpaired) electrons. The molecule has 1 aliphatic rings. The average Bonchev–Trinajstić information content (AvgIpc) is 3.01. The number of rotatable bonds is 6. The van der Waals surface area contributed by atoms with E-state index in [0.29, 0.717) is 24.5 Å². The van der Waals surface area contributed by atoms with Crippen molar-refractivity contribution in [2.24, 2.45) is 0 Å². The first-order valence-corrected chi connectivity index (χ1v) is 8.54. The SMILES string of the molecule is Cc1ccc(OCC(=O)NCCn2nc(C(F)(F)F)c3c2CCOC3)cc1. The molecule has 0 fully saturated rings. The zero-order valence-electron chi connectivity index (χ0n) is 14.8. The lowest BCUT2D eigenvalue weighted by atomic mass is 10.1. The third-order valence-electron chi connectivity index (χ3n) is 4.20. The fraction of sp³-hybridized carbons (Fsp3) is 0.444. The van der Waals surface area contributed by atoms with Crippen LogP contribution in [0.1, 0.15) is 22.5 Å². The van der Waals surface area contributed by atoms with Gasteiger partial charge in [-0.05, 0) is 19.1 Å². The number of amides is 1. The molecule has 0 saturated carbocycles. The van der Waals surface area contributed by atoms with E-state index in [2.05, 4.69) is 10.4 Å². The Morgan fingerprint density at radius 3 is 2.78 bits per heavy atom. The van der Waals surface area contributed by atoms with Gasteiger partial charge in [0, 0.05) is 24.2 Å². The summed E-state index contributed by atoms with van der Waals surface area (Å²) >= 11 is 0. The second-order valence-electron chi connectivity index (χ2n) is 6.25. The first-order chi connectivity index (χ1) is 12.8. The zero-order chi connectivity index (χ0) is 19.4. The largest absolute Gasteiger partial charge is 0.484 e. The maximum absolute atomic E-state index is 13.1. The van der Waals surface area contributed by atoms with Gasteiger partial charge in [-0.2, -0.15) is 18.3 Å². The lowest BCUT2D eigenvalue weighted by Gasteiger charge is -2.15. The quantitative estimate of drug-likeness (QED) is 0.832. The molecule has 1 N–H and O–H groups in total. The van der Waals surface area contributed by atoms with Crippen LogP contribution in [-0.4, -0.2) is 35.4 Å². The van der Waals surface area contributed by atoms with Gasteiger partial charge in [-0.1, -0.05) is 17.7 Å². The molecule has 3 rings (SSSR count). The smallest absolute Gasteiger partial charge is 0.435 e. The molecule has 27 heavy (non-hydrogen) atoms. The highest BCUT2D eigenvalue weighted by molar-refractivity contribution is 5.77. The zero-order valence-corrected chi connectivity index (χ0v) is 14.8. The molecule has 1 aromatic heterocycles. The van der Waals surface area contributed by atoms with Gasteiger partial charge >= 0.3 is 6.18 Å². The third-order valence-corrected chi connectivity index (χ3v) is 4.20. The average molecular weight is 383 g/mol. The number of benzene rings is 1. The van der Waals surface area contributed by atoms with Crippen LogP contribution in [0.15, 0.2) is 24.3 Å². The van der Waals surface area contributed by atoms with Crippen LogP contribution in [0.5, 0.6) is 5.75 Å². The Hall–Kier alpha value is -2.55. The Balaban J connectivity index is 1.53. The summed E-state index contributed by atoms with van der Waals surface area (Å²) in [5, 5.41) is 6.32. The highest BCUT2D eigenvalue weighted by Gasteiger charge is 2.39. The number of aryl methyl sites for hydroxylation is 1. The topological polar surface area (TPSA) is 65.4 Å². The number of nitrogens with zero attached hydrogens (tertiary/aromatic N) is 2. The number of hydrogen-bond donors (Lipinski definition) is 1. The van der Waals surface area contributed by atoms with Gasteiger partial charge in [-0.25, -0.2) is 0 Å². The van der Waals surface area contributed by atoms with Gasteiger partial charge in [0.1, 0.15) is 5.75 Å². The number of hydrogen-bond acceptors (Lipinski definition) is 4. The van der Waals surface area contributed by atoms with E-state index in [-0.39, 0.29) is 37.8 Å². The van der Waals surface area contributed by atoms with E-state index in [0.717, 1.165) is 5.56 Å². The first kappa shape index (κ1) is 19.2. The van der Waals surface area contributed by atoms with E-state index in [4.69, 9.17) is 9.47 Å². The van der Waals surface area contributed by atoms with Gasteiger partial charge in [0.05, 0.1) is 19.8 Å². The minimum absolute atomic E-state index is 0.0859. The Kier molecular flexibility index (Phi) is 5.69. The predicted octanol–water partition coefficient (Wildman–Crippen LogP) is 2.48. The van der Waals surface area contributed by atoms with Crippen LogP contribution in [0, 0.1) is 6.92 Å². The minimum atomic E-state index is -4.53. The van der Waals surface area contributed by atoms with Crippen molar-refractivity contribution in [1.29, 1.82) is 0 Å². The number of carbonyl (C=O) groups excluding carboxylic acids is 1. The van der Waals surface area contributed by atoms with E-state index >= 15 is 0 Å². The summed E-state index contributed by atoms with van der Waals surface area (Å²) in [7, 11) is 0. The van der Waals surface area contributed by atoms with Crippen molar-refractivity contribution >= 4 is 5.91 Å². The van der Waals surface area contributed by atoms with E-state index in [1.807, 2.05) is 19.1 Å². The van der Waals surface area contributed by atoms with Crippen LogP contribution in [-0.2, 0) is 35.3 Å². The number of aromatic nitrogens is 2. The van der Waals surface area contributed by atoms with Crippen molar-refractivity contribution in [3.05, 3.63) is 46.8 Å². The highest BCUT2D eigenvalue weighted by Crippen LogP contribution is 2.34. The molecule has 0 saturated heterocycles. The van der Waals surface area contributed by atoms with Crippen molar-refractivity contribution in [2.45, 2.75) is 32.7 Å². The Morgan fingerprint density at radius 2 is 2.07 bits per heavy atom. The number of nitrogens with one attached hydrogen (secondary N) is 1. The van der Waals surface area contributed by atoms with E-state index < -0.39 is 11.9 Å². The van der Waals surface area contributed by atoms with Crippen LogP contribution < -0.4 is 10.1 Å². The fourth-order valence-corrected chi connectivity index (χ4v) is 2.86. The number of halogens is 3. The molecule has 0 atom stereocenters. The number of ether oxygens (including phenoxy) is 2. The van der Waals surface area contributed by atoms with Crippen LogP contribution >= 0.6 is 0 Å². The molecular weight excluding hydrogens is 363 g/mol. The summed E-state index contributed by atoms with van der Waals surface area (Å²) in [6.07, 6.45) is -4.16. The van der Waals surface area contributed by atoms with Crippen LogP contribution in [0.3, 0.4) is 0 Å². The van der Waals surface area contributed by atoms with Gasteiger partial charge in [-0.3, -0.25) is 9.48 Å². The van der Waals surface area contributed by atoms with Crippen LogP contribution in [0.2, 0.25) is 0 Å². The molecule has 0 spiro atoms. The summed E-state index contributed by atoms with van der Waals surface area (Å²) in [5.74, 6) is 0.225. The summed E-state index contributed by atoms with van der Waals surface area (Å²) in [6.45, 7) is 2.34. The third kappa shape index (κ3) is 4.79. The summed E-state index contributed by atoms with van der Waals surface area (Å²) in [4.78, 5) is 11.9. The van der Waals surface area contributed by atoms with Crippen LogP contribution in [0.25, 0.3) is 0 Å². The maximum Gasteiger partial charge on any atom is 0.435 e. The molecule has 1 aliphatic heterocycles. The Labute approximate surface area is 154 Å². The van der Waals surface area contributed by atoms with Gasteiger partial charge < -0.3 is 14.8 Å². The molecule has 0 aliphatic carbocycles. The molecule has 9 heteroatoms. The van der Waals surface area contributed by atoms with Crippen molar-refractivity contribution < 1.29 is 27.4 Å². The van der Waals surface area contributed by atoms with Gasteiger partial charge in [0.25, 0.3) is 5.91 Å². The monoisotopic (exact) mass is 383 g/mol. The number of carbonyl (C=O) groups is 1. The van der Waals surface area contributed by atoms with Gasteiger partial charge in [-0.15, -0.1) is 0 Å². The first-order valence-electron chi connectivity index (χ1n) is 8.54. The standard InChI is InChI=1S/C18H20F3N3O3/c1-12-2-4-13(5-3-12)27-11-16(25)22-7-8-24-15-6-9-26-10-14(15)17(23-24)18(19,20)21/h2-5H,6-11H2,1H3,(H,22,25). The molecule has 1 aromatic carbocycles. The van der Waals surface area contributed by atoms with E-state index in [1.165, 1.54) is 4.68 Å². The van der Waals surface area contributed by atoms with Crippen LogP contribution in [0.4, 0.5) is 13.2 Å². The minimum Gasteiger partial charge on any atom is -0.484 e. The Bertz CT molecular complexity index is 801. The maximum atomic E-state index is 13.1. The molecule has 2 aromatic rings. The highest BCUT2D eigenvalue weighted by atomic mass is 19.4. The van der Waals surface area contributed by atoms with Crippen molar-refractivity contribution in [2.75, 3.05) is 19.8 Å². The summed E-state index contributed by atoms with van der Waals surface area (Å²) in [6, 6.07) is 7.27. The van der Waals surface area contributed by atoms with Gasteiger partial charge in [0.15, 0.2) is 12.3 Å². The van der Waals surface area contributed by atoms with Crippen molar-refractivity contribution in [1.82, 2.24) is 15.1 Å². The normalized spacial score (nSPS) is 13.9. The molecule has 146 valence electrons. The Morgan fingerprint density at radius 1 is 1.33 bits per heavy atom. The molecule has 0 bridgehead atoms. The second kappa shape index (κ2) is 7.99. The second-order valence-corrected chi connectivity index (χ2v) is 6.25. The van der Waals surface area contributed by atoms with Gasteiger partial charge in [0.2, 0.25) is 0 Å². The number of fused-ring (bicyclic) bond motifs is 1. The lowest BCUT2D eigenvalue weighted by molar-refractivity contribution is -0.142. The van der Waals surface area contributed by atoms with E-state index in [9.17, 15) is 18.0 Å². The van der Waals surface area contributed by atoms with Crippen molar-refractivity contribution in [3.63, 3.8) is 0 Å². The molecular formula is C18H20F3N3O3. The number of alkyl halides is 3. The molecule has 6 nitrogen and oxygen atoms in total. The summed E-state index contributed by atoms with van der Waals surface area (Å²) < 4.78 is 51.1. The molecule has 2 heterocycles. The molecule has 1 amide bonds. The predicted molar refractivity (Wildman–Crippen MR) is 90.3 cm³/mol. The summed E-state index contributed by atoms with van der Waals surface area (Å²) in [5.41, 5.74) is 0.769. The fourth-order valence-electron chi connectivity index (χ4n) is 2.86. The lowest BCUT2D eigenvalue weighted by Crippen LogP contribution is -2.32. The molecule has 0 unspecified atom stereocenters. The van der Waals surface area contributed by atoms with Crippen molar-refractivity contribution in [3.8, 4) is 5.75 Å².